The topological polar surface area (TPSA) is 55.1 Å². The van der Waals surface area contributed by atoms with Gasteiger partial charge in [-0.15, -0.1) is 0 Å². The van der Waals surface area contributed by atoms with Gasteiger partial charge in [-0.2, -0.15) is 0 Å². The van der Waals surface area contributed by atoms with E-state index in [0.717, 1.165) is 0 Å². The molecular formula is C12H14BrClN2OS. The van der Waals surface area contributed by atoms with E-state index in [2.05, 4.69) is 21.2 Å². The van der Waals surface area contributed by atoms with E-state index < -0.39 is 5.41 Å². The average molecular weight is 350 g/mol. The Labute approximate surface area is 125 Å². The molecule has 0 aromatic heterocycles. The van der Waals surface area contributed by atoms with E-state index >= 15 is 0 Å². The maximum absolute atomic E-state index is 12.0. The summed E-state index contributed by atoms with van der Waals surface area (Å²) in [5.41, 5.74) is 5.67. The van der Waals surface area contributed by atoms with E-state index in [1.807, 2.05) is 13.8 Å². The van der Waals surface area contributed by atoms with E-state index in [0.29, 0.717) is 26.6 Å². The van der Waals surface area contributed by atoms with Gasteiger partial charge in [0, 0.05) is 21.5 Å². The monoisotopic (exact) mass is 348 g/mol. The number of rotatable bonds is 4. The number of benzene rings is 1. The molecule has 1 aromatic carbocycles. The summed E-state index contributed by atoms with van der Waals surface area (Å²) in [6.45, 7) is 4.13. The Morgan fingerprint density at radius 1 is 1.56 bits per heavy atom. The zero-order valence-electron chi connectivity index (χ0n) is 10.1. The minimum absolute atomic E-state index is 0.214. The third-order valence-corrected chi connectivity index (χ3v) is 4.01. The van der Waals surface area contributed by atoms with Crippen molar-refractivity contribution in [3.63, 3.8) is 0 Å². The largest absolute Gasteiger partial charge is 0.393 e. The van der Waals surface area contributed by atoms with Gasteiger partial charge in [0.2, 0.25) is 0 Å². The Morgan fingerprint density at radius 3 is 2.72 bits per heavy atom. The molecule has 0 aliphatic heterocycles. The Kier molecular flexibility index (Phi) is 5.13. The zero-order valence-corrected chi connectivity index (χ0v) is 13.2. The SMILES string of the molecule is CC(C)(CNC(=O)c1cc(Cl)ccc1Br)C(N)=S. The van der Waals surface area contributed by atoms with Crippen LogP contribution in [0.3, 0.4) is 0 Å². The number of carbonyl (C=O) groups excluding carboxylic acids is 1. The molecule has 1 rings (SSSR count). The highest BCUT2D eigenvalue weighted by Crippen LogP contribution is 2.21. The molecule has 0 saturated heterocycles. The maximum Gasteiger partial charge on any atom is 0.252 e. The highest BCUT2D eigenvalue weighted by atomic mass is 79.9. The first kappa shape index (κ1) is 15.4. The minimum atomic E-state index is -0.421. The summed E-state index contributed by atoms with van der Waals surface area (Å²) in [6.07, 6.45) is 0. The fraction of sp³-hybridized carbons (Fsp3) is 0.333. The molecule has 0 aliphatic carbocycles. The van der Waals surface area contributed by atoms with Crippen LogP contribution in [0.25, 0.3) is 0 Å². The van der Waals surface area contributed by atoms with Gasteiger partial charge in [-0.05, 0) is 34.1 Å². The van der Waals surface area contributed by atoms with E-state index in [4.69, 9.17) is 29.6 Å². The Morgan fingerprint density at radius 2 is 2.17 bits per heavy atom. The summed E-state index contributed by atoms with van der Waals surface area (Å²) >= 11 is 14.1. The van der Waals surface area contributed by atoms with Gasteiger partial charge >= 0.3 is 0 Å². The molecule has 6 heteroatoms. The number of hydrogen-bond donors (Lipinski definition) is 2. The van der Waals surface area contributed by atoms with Crippen molar-refractivity contribution in [2.24, 2.45) is 11.1 Å². The van der Waals surface area contributed by atoms with Crippen molar-refractivity contribution in [3.05, 3.63) is 33.3 Å². The van der Waals surface area contributed by atoms with E-state index in [1.165, 1.54) is 0 Å². The zero-order chi connectivity index (χ0) is 13.9. The smallest absolute Gasteiger partial charge is 0.252 e. The van der Waals surface area contributed by atoms with Crippen LogP contribution < -0.4 is 11.1 Å². The molecule has 0 spiro atoms. The van der Waals surface area contributed by atoms with Crippen molar-refractivity contribution in [1.82, 2.24) is 5.32 Å². The third-order valence-electron chi connectivity index (χ3n) is 2.53. The average Bonchev–Trinajstić information content (AvgIpc) is 2.29. The molecule has 0 bridgehead atoms. The minimum Gasteiger partial charge on any atom is -0.393 e. The van der Waals surface area contributed by atoms with Crippen LogP contribution >= 0.6 is 39.7 Å². The molecule has 1 amide bonds. The number of thiocarbonyl (C=S) groups is 1. The number of nitrogens with one attached hydrogen (secondary N) is 1. The van der Waals surface area contributed by atoms with Crippen molar-refractivity contribution >= 4 is 50.6 Å². The number of nitrogens with two attached hydrogens (primary N) is 1. The highest BCUT2D eigenvalue weighted by molar-refractivity contribution is 9.10. The fourth-order valence-corrected chi connectivity index (χ4v) is 1.83. The summed E-state index contributed by atoms with van der Waals surface area (Å²) in [7, 11) is 0. The molecule has 3 N–H and O–H groups in total. The van der Waals surface area contributed by atoms with Crippen molar-refractivity contribution in [2.75, 3.05) is 6.54 Å². The lowest BCUT2D eigenvalue weighted by molar-refractivity contribution is 0.0944. The molecule has 98 valence electrons. The third kappa shape index (κ3) is 3.93. The second kappa shape index (κ2) is 5.99. The number of halogens is 2. The first-order valence-corrected chi connectivity index (χ1v) is 6.85. The van der Waals surface area contributed by atoms with Gasteiger partial charge in [-0.3, -0.25) is 4.79 Å². The van der Waals surface area contributed by atoms with Gasteiger partial charge in [-0.1, -0.05) is 37.7 Å². The Balaban J connectivity index is 2.78. The maximum atomic E-state index is 12.0. The van der Waals surface area contributed by atoms with Crippen molar-refractivity contribution in [3.8, 4) is 0 Å². The van der Waals surface area contributed by atoms with E-state index in [9.17, 15) is 4.79 Å². The molecule has 1 aromatic rings. The molecule has 0 atom stereocenters. The van der Waals surface area contributed by atoms with Crippen LogP contribution in [-0.4, -0.2) is 17.4 Å². The van der Waals surface area contributed by atoms with Crippen LogP contribution in [0.15, 0.2) is 22.7 Å². The molecule has 0 unspecified atom stereocenters. The second-order valence-corrected chi connectivity index (χ2v) is 6.29. The van der Waals surface area contributed by atoms with E-state index in [-0.39, 0.29) is 5.91 Å². The van der Waals surface area contributed by atoms with Gasteiger partial charge < -0.3 is 11.1 Å². The quantitative estimate of drug-likeness (QED) is 0.821. The number of carbonyl (C=O) groups is 1. The van der Waals surface area contributed by atoms with Crippen molar-refractivity contribution in [1.29, 1.82) is 0 Å². The summed E-state index contributed by atoms with van der Waals surface area (Å²) in [5, 5.41) is 3.30. The Bertz CT molecular complexity index is 491. The molecule has 0 heterocycles. The van der Waals surface area contributed by atoms with E-state index in [1.54, 1.807) is 18.2 Å². The van der Waals surface area contributed by atoms with Crippen LogP contribution in [0.4, 0.5) is 0 Å². The second-order valence-electron chi connectivity index (χ2n) is 4.55. The van der Waals surface area contributed by atoms with Crippen LogP contribution in [0, 0.1) is 5.41 Å². The first-order chi connectivity index (χ1) is 8.24. The number of hydrogen-bond acceptors (Lipinski definition) is 2. The molecule has 0 aliphatic rings. The number of amides is 1. The van der Waals surface area contributed by atoms with Crippen molar-refractivity contribution < 1.29 is 4.79 Å². The Hall–Kier alpha value is -0.650. The van der Waals surface area contributed by atoms with Crippen LogP contribution in [0.2, 0.25) is 5.02 Å². The normalized spacial score (nSPS) is 11.1. The van der Waals surface area contributed by atoms with Crippen LogP contribution in [0.5, 0.6) is 0 Å². The highest BCUT2D eigenvalue weighted by Gasteiger charge is 2.22. The lowest BCUT2D eigenvalue weighted by atomic mass is 9.93. The van der Waals surface area contributed by atoms with Crippen LogP contribution in [0.1, 0.15) is 24.2 Å². The van der Waals surface area contributed by atoms with Gasteiger partial charge in [0.15, 0.2) is 0 Å². The van der Waals surface area contributed by atoms with Gasteiger partial charge in [0.25, 0.3) is 5.91 Å². The van der Waals surface area contributed by atoms with Gasteiger partial charge in [0.1, 0.15) is 0 Å². The molecule has 3 nitrogen and oxygen atoms in total. The van der Waals surface area contributed by atoms with Gasteiger partial charge in [0.05, 0.1) is 10.6 Å². The fourth-order valence-electron chi connectivity index (χ4n) is 1.16. The summed E-state index contributed by atoms with van der Waals surface area (Å²) < 4.78 is 0.692. The molecular weight excluding hydrogens is 336 g/mol. The molecule has 0 radical (unpaired) electrons. The lowest BCUT2D eigenvalue weighted by Gasteiger charge is -2.23. The first-order valence-electron chi connectivity index (χ1n) is 5.27. The summed E-state index contributed by atoms with van der Waals surface area (Å²) in [4.78, 5) is 12.4. The van der Waals surface area contributed by atoms with Gasteiger partial charge in [-0.25, -0.2) is 0 Å². The lowest BCUT2D eigenvalue weighted by Crippen LogP contribution is -2.41. The van der Waals surface area contributed by atoms with Crippen LogP contribution in [-0.2, 0) is 0 Å². The molecule has 0 saturated carbocycles. The summed E-state index contributed by atoms with van der Waals surface area (Å²) in [6, 6.07) is 5.05. The molecule has 0 fully saturated rings. The molecule has 18 heavy (non-hydrogen) atoms. The standard InChI is InChI=1S/C12H14BrClN2OS/c1-12(2,11(15)18)6-16-10(17)8-5-7(14)3-4-9(8)13/h3-5H,6H2,1-2H3,(H2,15,18)(H,16,17). The summed E-state index contributed by atoms with van der Waals surface area (Å²) in [5.74, 6) is -0.214. The predicted octanol–water partition coefficient (Wildman–Crippen LogP) is 3.14. The van der Waals surface area contributed by atoms with Crippen molar-refractivity contribution in [2.45, 2.75) is 13.8 Å². The predicted molar refractivity (Wildman–Crippen MR) is 82.1 cm³/mol.